The number of aromatic nitrogens is 4. The molecule has 0 saturated heterocycles. The van der Waals surface area contributed by atoms with Gasteiger partial charge in [-0.15, -0.1) is 0 Å². The summed E-state index contributed by atoms with van der Waals surface area (Å²) in [5.41, 5.74) is 0.295. The standard InChI is InChI=1S/C11H12N6O3/c1-6(9-13-5-14-17-9)15-11(20)16-7-2-3-8(10(18)19)12-4-7/h2-6H,1H3,(H,18,19)(H,13,14,17)(H2,15,16,20). The first kappa shape index (κ1) is 13.5. The van der Waals surface area contributed by atoms with E-state index in [9.17, 15) is 9.59 Å². The molecule has 0 aromatic carbocycles. The lowest BCUT2D eigenvalue weighted by Crippen LogP contribution is -2.31. The van der Waals surface area contributed by atoms with E-state index in [1.807, 2.05) is 0 Å². The molecule has 0 aliphatic heterocycles. The van der Waals surface area contributed by atoms with Gasteiger partial charge in [0.25, 0.3) is 0 Å². The monoisotopic (exact) mass is 276 g/mol. The Bertz CT molecular complexity index is 595. The molecule has 20 heavy (non-hydrogen) atoms. The van der Waals surface area contributed by atoms with E-state index in [-0.39, 0.29) is 11.7 Å². The maximum Gasteiger partial charge on any atom is 0.354 e. The van der Waals surface area contributed by atoms with Crippen molar-refractivity contribution in [3.63, 3.8) is 0 Å². The minimum Gasteiger partial charge on any atom is -0.477 e. The topological polar surface area (TPSA) is 133 Å². The number of amides is 2. The molecule has 0 aliphatic carbocycles. The fourth-order valence-corrected chi connectivity index (χ4v) is 1.45. The van der Waals surface area contributed by atoms with E-state index in [1.165, 1.54) is 24.7 Å². The van der Waals surface area contributed by atoms with E-state index in [1.54, 1.807) is 6.92 Å². The summed E-state index contributed by atoms with van der Waals surface area (Å²) >= 11 is 0. The van der Waals surface area contributed by atoms with Crippen molar-refractivity contribution in [1.29, 1.82) is 0 Å². The van der Waals surface area contributed by atoms with Crippen LogP contribution < -0.4 is 10.6 Å². The summed E-state index contributed by atoms with van der Waals surface area (Å²) in [6, 6.07) is 1.95. The number of carboxylic acid groups (broad SMARTS) is 1. The van der Waals surface area contributed by atoms with Crippen LogP contribution in [0.25, 0.3) is 0 Å². The quantitative estimate of drug-likeness (QED) is 0.652. The Morgan fingerprint density at radius 3 is 2.70 bits per heavy atom. The van der Waals surface area contributed by atoms with Crippen LogP contribution in [0.2, 0.25) is 0 Å². The van der Waals surface area contributed by atoms with E-state index in [0.717, 1.165) is 0 Å². The third-order valence-corrected chi connectivity index (χ3v) is 2.43. The zero-order chi connectivity index (χ0) is 14.5. The Morgan fingerprint density at radius 1 is 1.35 bits per heavy atom. The van der Waals surface area contributed by atoms with Crippen molar-refractivity contribution in [2.75, 3.05) is 5.32 Å². The summed E-state index contributed by atoms with van der Waals surface area (Å²) < 4.78 is 0. The number of hydrogen-bond donors (Lipinski definition) is 4. The van der Waals surface area contributed by atoms with E-state index < -0.39 is 12.0 Å². The molecule has 104 valence electrons. The molecule has 4 N–H and O–H groups in total. The van der Waals surface area contributed by atoms with Gasteiger partial charge in [-0.1, -0.05) is 0 Å². The molecular weight excluding hydrogens is 264 g/mol. The van der Waals surface area contributed by atoms with Gasteiger partial charge in [0.05, 0.1) is 17.9 Å². The molecule has 0 aliphatic rings. The maximum absolute atomic E-state index is 11.7. The number of carboxylic acids is 1. The number of carbonyl (C=O) groups excluding carboxylic acids is 1. The Kier molecular flexibility index (Phi) is 3.89. The largest absolute Gasteiger partial charge is 0.477 e. The minimum atomic E-state index is -1.13. The summed E-state index contributed by atoms with van der Waals surface area (Å²) in [5, 5.41) is 20.2. The van der Waals surface area contributed by atoms with Gasteiger partial charge in [-0.3, -0.25) is 5.10 Å². The minimum absolute atomic E-state index is 0.0917. The van der Waals surface area contributed by atoms with Crippen LogP contribution in [0.5, 0.6) is 0 Å². The van der Waals surface area contributed by atoms with Crippen molar-refractivity contribution in [2.45, 2.75) is 13.0 Å². The van der Waals surface area contributed by atoms with Crippen molar-refractivity contribution in [2.24, 2.45) is 0 Å². The molecule has 2 heterocycles. The molecule has 0 fully saturated rings. The van der Waals surface area contributed by atoms with E-state index in [2.05, 4.69) is 30.8 Å². The molecule has 9 nitrogen and oxygen atoms in total. The predicted octanol–water partition coefficient (Wildman–Crippen LogP) is 0.781. The molecule has 0 radical (unpaired) electrons. The zero-order valence-corrected chi connectivity index (χ0v) is 10.5. The van der Waals surface area contributed by atoms with Gasteiger partial charge < -0.3 is 15.7 Å². The summed E-state index contributed by atoms with van der Waals surface area (Å²) in [6.45, 7) is 1.74. The summed E-state index contributed by atoms with van der Waals surface area (Å²) in [7, 11) is 0. The van der Waals surface area contributed by atoms with Crippen molar-refractivity contribution < 1.29 is 14.7 Å². The smallest absolute Gasteiger partial charge is 0.354 e. The van der Waals surface area contributed by atoms with Gasteiger partial charge >= 0.3 is 12.0 Å². The van der Waals surface area contributed by atoms with Gasteiger partial charge in [-0.2, -0.15) is 5.10 Å². The third-order valence-electron chi connectivity index (χ3n) is 2.43. The molecule has 2 aromatic heterocycles. The number of rotatable bonds is 4. The van der Waals surface area contributed by atoms with E-state index in [4.69, 9.17) is 5.11 Å². The van der Waals surface area contributed by atoms with E-state index >= 15 is 0 Å². The number of pyridine rings is 1. The van der Waals surface area contributed by atoms with Gasteiger partial charge in [0.1, 0.15) is 17.8 Å². The number of anilines is 1. The molecule has 1 unspecified atom stereocenters. The summed E-state index contributed by atoms with van der Waals surface area (Å²) in [4.78, 5) is 30.0. The second kappa shape index (κ2) is 5.78. The first-order chi connectivity index (χ1) is 9.56. The highest BCUT2D eigenvalue weighted by Gasteiger charge is 2.12. The number of nitrogens with one attached hydrogen (secondary N) is 3. The van der Waals surface area contributed by atoms with Crippen LogP contribution in [0, 0.1) is 0 Å². The Labute approximate surface area is 113 Å². The molecule has 2 amide bonds. The molecule has 2 rings (SSSR count). The second-order valence-corrected chi connectivity index (χ2v) is 3.93. The first-order valence-electron chi connectivity index (χ1n) is 5.68. The zero-order valence-electron chi connectivity index (χ0n) is 10.5. The van der Waals surface area contributed by atoms with Crippen LogP contribution in [0.4, 0.5) is 10.5 Å². The van der Waals surface area contributed by atoms with Crippen LogP contribution in [-0.2, 0) is 0 Å². The Morgan fingerprint density at radius 2 is 2.15 bits per heavy atom. The summed E-state index contributed by atoms with van der Waals surface area (Å²) in [5.74, 6) is -0.598. The lowest BCUT2D eigenvalue weighted by atomic mass is 10.3. The normalized spacial score (nSPS) is 11.7. The molecule has 1 atom stereocenters. The molecule has 0 bridgehead atoms. The van der Waals surface area contributed by atoms with Crippen LogP contribution in [-0.4, -0.2) is 37.3 Å². The van der Waals surface area contributed by atoms with Gasteiger partial charge in [-0.05, 0) is 19.1 Å². The van der Waals surface area contributed by atoms with Crippen molar-refractivity contribution in [1.82, 2.24) is 25.5 Å². The van der Waals surface area contributed by atoms with Crippen molar-refractivity contribution in [3.05, 3.63) is 36.2 Å². The number of aromatic amines is 1. The van der Waals surface area contributed by atoms with E-state index in [0.29, 0.717) is 11.5 Å². The summed E-state index contributed by atoms with van der Waals surface area (Å²) in [6.07, 6.45) is 2.61. The van der Waals surface area contributed by atoms with Gasteiger partial charge in [0.15, 0.2) is 0 Å². The SMILES string of the molecule is CC(NC(=O)Nc1ccc(C(=O)O)nc1)c1ncn[nH]1. The van der Waals surface area contributed by atoms with Crippen molar-refractivity contribution in [3.8, 4) is 0 Å². The van der Waals surface area contributed by atoms with Crippen LogP contribution in [0.15, 0.2) is 24.7 Å². The molecule has 9 heteroatoms. The average Bonchev–Trinajstić information content (AvgIpc) is 2.93. The fraction of sp³-hybridized carbons (Fsp3) is 0.182. The van der Waals surface area contributed by atoms with Crippen LogP contribution >= 0.6 is 0 Å². The highest BCUT2D eigenvalue weighted by atomic mass is 16.4. The Hall–Kier alpha value is -2.97. The lowest BCUT2D eigenvalue weighted by molar-refractivity contribution is 0.0690. The number of H-pyrrole nitrogens is 1. The number of aromatic carboxylic acids is 1. The van der Waals surface area contributed by atoms with Gasteiger partial charge in [0, 0.05) is 0 Å². The Balaban J connectivity index is 1.92. The predicted molar refractivity (Wildman–Crippen MR) is 68.1 cm³/mol. The molecule has 0 spiro atoms. The molecular formula is C11H12N6O3. The van der Waals surface area contributed by atoms with Gasteiger partial charge in [-0.25, -0.2) is 19.6 Å². The number of carbonyl (C=O) groups is 2. The fourth-order valence-electron chi connectivity index (χ4n) is 1.45. The highest BCUT2D eigenvalue weighted by molar-refractivity contribution is 5.90. The van der Waals surface area contributed by atoms with Crippen LogP contribution in [0.3, 0.4) is 0 Å². The van der Waals surface area contributed by atoms with Crippen molar-refractivity contribution >= 4 is 17.7 Å². The molecule has 0 saturated carbocycles. The average molecular weight is 276 g/mol. The number of nitrogens with zero attached hydrogens (tertiary/aromatic N) is 3. The van der Waals surface area contributed by atoms with Crippen LogP contribution in [0.1, 0.15) is 29.3 Å². The number of urea groups is 1. The third kappa shape index (κ3) is 3.28. The molecule has 2 aromatic rings. The van der Waals surface area contributed by atoms with Gasteiger partial charge in [0.2, 0.25) is 0 Å². The number of hydrogen-bond acceptors (Lipinski definition) is 5. The highest BCUT2D eigenvalue weighted by Crippen LogP contribution is 2.08. The maximum atomic E-state index is 11.7. The second-order valence-electron chi connectivity index (χ2n) is 3.93. The lowest BCUT2D eigenvalue weighted by Gasteiger charge is -2.12. The first-order valence-corrected chi connectivity index (χ1v) is 5.68.